The van der Waals surface area contributed by atoms with Gasteiger partial charge in [0.1, 0.15) is 0 Å². The minimum atomic E-state index is -1.29. The number of carbonyl (C=O) groups is 1. The Bertz CT molecular complexity index is 126. The van der Waals surface area contributed by atoms with Gasteiger partial charge in [-0.1, -0.05) is 13.3 Å². The van der Waals surface area contributed by atoms with E-state index in [0.29, 0.717) is 11.4 Å². The first-order chi connectivity index (χ1) is 4.72. The molecule has 0 radical (unpaired) electrons. The van der Waals surface area contributed by atoms with Crippen LogP contribution in [-0.4, -0.2) is 22.8 Å². The highest BCUT2D eigenvalue weighted by Gasteiger charge is 2.09. The van der Waals surface area contributed by atoms with E-state index in [9.17, 15) is 9.70 Å². The molecule has 0 bridgehead atoms. The van der Waals surface area contributed by atoms with Crippen molar-refractivity contribution >= 4 is 6.09 Å². The first-order valence-corrected chi connectivity index (χ1v) is 3.06. The van der Waals surface area contributed by atoms with Crippen LogP contribution in [-0.2, 0) is 0 Å². The molecular weight excluding hydrogens is 136 g/mol. The van der Waals surface area contributed by atoms with E-state index in [1.54, 1.807) is 0 Å². The molecule has 0 aromatic rings. The Morgan fingerprint density at radius 1 is 1.70 bits per heavy atom. The SMILES string of the molecule is CCCCN(N=O)C(=O)O. The zero-order chi connectivity index (χ0) is 7.98. The maximum Gasteiger partial charge on any atom is 0.430 e. The van der Waals surface area contributed by atoms with Crippen LogP contribution in [0.3, 0.4) is 0 Å². The Morgan fingerprint density at radius 2 is 2.30 bits per heavy atom. The summed E-state index contributed by atoms with van der Waals surface area (Å²) in [6.07, 6.45) is 0.223. The zero-order valence-corrected chi connectivity index (χ0v) is 5.78. The zero-order valence-electron chi connectivity index (χ0n) is 5.78. The average Bonchev–Trinajstić information content (AvgIpc) is 1.89. The molecule has 0 spiro atoms. The molecule has 0 saturated carbocycles. The second-order valence-corrected chi connectivity index (χ2v) is 1.84. The van der Waals surface area contributed by atoms with Crippen molar-refractivity contribution in [3.8, 4) is 0 Å². The lowest BCUT2D eigenvalue weighted by Crippen LogP contribution is -2.23. The summed E-state index contributed by atoms with van der Waals surface area (Å²) in [5.74, 6) is 0. The highest BCUT2D eigenvalue weighted by atomic mass is 16.4. The normalized spacial score (nSPS) is 8.90. The molecule has 0 aliphatic carbocycles. The van der Waals surface area contributed by atoms with E-state index in [1.807, 2.05) is 6.92 Å². The Balaban J connectivity index is 3.60. The third kappa shape index (κ3) is 3.01. The van der Waals surface area contributed by atoms with E-state index >= 15 is 0 Å². The molecule has 0 aliphatic heterocycles. The highest BCUT2D eigenvalue weighted by Crippen LogP contribution is 1.94. The molecule has 0 aromatic carbocycles. The standard InChI is InChI=1S/C5H10N2O3/c1-2-3-4-7(6-10)5(8)9/h2-4H2,1H3,(H,8,9). The van der Waals surface area contributed by atoms with E-state index in [4.69, 9.17) is 5.11 Å². The molecule has 58 valence electrons. The minimum Gasteiger partial charge on any atom is -0.464 e. The molecular formula is C5H10N2O3. The molecule has 0 atom stereocenters. The minimum absolute atomic E-state index is 0.190. The Morgan fingerprint density at radius 3 is 2.60 bits per heavy atom. The predicted octanol–water partition coefficient (Wildman–Crippen LogP) is 1.45. The topological polar surface area (TPSA) is 70.0 Å². The summed E-state index contributed by atoms with van der Waals surface area (Å²) in [5.41, 5.74) is 0. The van der Waals surface area contributed by atoms with Crippen LogP contribution in [0.5, 0.6) is 0 Å². The maximum absolute atomic E-state index is 10.1. The molecule has 0 unspecified atom stereocenters. The van der Waals surface area contributed by atoms with Gasteiger partial charge in [0.25, 0.3) is 0 Å². The van der Waals surface area contributed by atoms with Gasteiger partial charge in [0.15, 0.2) is 0 Å². The van der Waals surface area contributed by atoms with Crippen molar-refractivity contribution in [2.45, 2.75) is 19.8 Å². The van der Waals surface area contributed by atoms with Crippen LogP contribution in [0.1, 0.15) is 19.8 Å². The van der Waals surface area contributed by atoms with Crippen LogP contribution >= 0.6 is 0 Å². The number of carboxylic acid groups (broad SMARTS) is 1. The molecule has 0 fully saturated rings. The van der Waals surface area contributed by atoms with Crippen molar-refractivity contribution in [2.75, 3.05) is 6.54 Å². The first kappa shape index (κ1) is 8.87. The summed E-state index contributed by atoms with van der Waals surface area (Å²) in [4.78, 5) is 19.8. The van der Waals surface area contributed by atoms with Crippen molar-refractivity contribution in [1.29, 1.82) is 0 Å². The van der Waals surface area contributed by atoms with E-state index in [1.165, 1.54) is 0 Å². The fraction of sp³-hybridized carbons (Fsp3) is 0.800. The Hall–Kier alpha value is -1.13. The molecule has 1 amide bonds. The highest BCUT2D eigenvalue weighted by molar-refractivity contribution is 5.64. The van der Waals surface area contributed by atoms with Crippen molar-refractivity contribution < 1.29 is 9.90 Å². The lowest BCUT2D eigenvalue weighted by atomic mass is 10.3. The van der Waals surface area contributed by atoms with Gasteiger partial charge >= 0.3 is 6.09 Å². The van der Waals surface area contributed by atoms with Crippen molar-refractivity contribution in [3.63, 3.8) is 0 Å². The lowest BCUT2D eigenvalue weighted by molar-refractivity contribution is 0.145. The summed E-state index contributed by atoms with van der Waals surface area (Å²) < 4.78 is 0. The monoisotopic (exact) mass is 146 g/mol. The van der Waals surface area contributed by atoms with Gasteiger partial charge in [-0.05, 0) is 6.42 Å². The summed E-state index contributed by atoms with van der Waals surface area (Å²) in [5, 5.41) is 11.0. The summed E-state index contributed by atoms with van der Waals surface area (Å²) in [6.45, 7) is 2.10. The van der Waals surface area contributed by atoms with Gasteiger partial charge < -0.3 is 5.11 Å². The van der Waals surface area contributed by atoms with Crippen LogP contribution in [0.25, 0.3) is 0 Å². The Kier molecular flexibility index (Phi) is 4.19. The van der Waals surface area contributed by atoms with Gasteiger partial charge in [-0.3, -0.25) is 0 Å². The van der Waals surface area contributed by atoms with Crippen molar-refractivity contribution in [2.24, 2.45) is 5.29 Å². The molecule has 5 heteroatoms. The lowest BCUT2D eigenvalue weighted by Gasteiger charge is -2.06. The fourth-order valence-corrected chi connectivity index (χ4v) is 0.479. The van der Waals surface area contributed by atoms with Crippen LogP contribution in [0.4, 0.5) is 4.79 Å². The number of unbranched alkanes of at least 4 members (excludes halogenated alkanes) is 1. The summed E-state index contributed by atoms with van der Waals surface area (Å²) in [7, 11) is 0. The third-order valence-electron chi connectivity index (χ3n) is 1.04. The number of hydrogen-bond acceptors (Lipinski definition) is 3. The van der Waals surface area contributed by atoms with Crippen LogP contribution < -0.4 is 0 Å². The predicted molar refractivity (Wildman–Crippen MR) is 35.4 cm³/mol. The average molecular weight is 146 g/mol. The maximum atomic E-state index is 10.1. The molecule has 0 heterocycles. The number of amides is 1. The van der Waals surface area contributed by atoms with E-state index in [0.717, 1.165) is 6.42 Å². The third-order valence-corrected chi connectivity index (χ3v) is 1.04. The van der Waals surface area contributed by atoms with Crippen LogP contribution in [0.15, 0.2) is 5.29 Å². The van der Waals surface area contributed by atoms with Gasteiger partial charge in [0, 0.05) is 0 Å². The molecule has 1 N–H and O–H groups in total. The first-order valence-electron chi connectivity index (χ1n) is 3.06. The van der Waals surface area contributed by atoms with Crippen molar-refractivity contribution in [3.05, 3.63) is 4.91 Å². The van der Waals surface area contributed by atoms with Gasteiger partial charge in [0.2, 0.25) is 0 Å². The van der Waals surface area contributed by atoms with E-state index < -0.39 is 6.09 Å². The summed E-state index contributed by atoms with van der Waals surface area (Å²) >= 11 is 0. The fourth-order valence-electron chi connectivity index (χ4n) is 0.479. The number of nitrogens with zero attached hydrogens (tertiary/aromatic N) is 2. The molecule has 0 aromatic heterocycles. The molecule has 0 saturated heterocycles. The second kappa shape index (κ2) is 4.72. The van der Waals surface area contributed by atoms with Crippen molar-refractivity contribution in [1.82, 2.24) is 5.01 Å². The number of rotatable bonds is 4. The second-order valence-electron chi connectivity index (χ2n) is 1.84. The van der Waals surface area contributed by atoms with Crippen LogP contribution in [0, 0.1) is 4.91 Å². The molecule has 0 rings (SSSR count). The Labute approximate surface area is 58.6 Å². The molecule has 0 aliphatic rings. The smallest absolute Gasteiger partial charge is 0.430 e. The quantitative estimate of drug-likeness (QED) is 0.482. The van der Waals surface area contributed by atoms with Crippen LogP contribution in [0.2, 0.25) is 0 Å². The van der Waals surface area contributed by atoms with Gasteiger partial charge in [-0.2, -0.15) is 5.01 Å². The molecule has 5 nitrogen and oxygen atoms in total. The molecule has 10 heavy (non-hydrogen) atoms. The van der Waals surface area contributed by atoms with Gasteiger partial charge in [-0.25, -0.2) is 4.79 Å². The number of nitroso groups, excluding NO2 is 1. The van der Waals surface area contributed by atoms with E-state index in [2.05, 4.69) is 5.29 Å². The number of hydrogen-bond donors (Lipinski definition) is 1. The van der Waals surface area contributed by atoms with E-state index in [-0.39, 0.29) is 6.54 Å². The van der Waals surface area contributed by atoms with Gasteiger partial charge in [0.05, 0.1) is 11.8 Å². The largest absolute Gasteiger partial charge is 0.464 e. The summed E-state index contributed by atoms with van der Waals surface area (Å²) in [6, 6.07) is 0. The van der Waals surface area contributed by atoms with Gasteiger partial charge in [-0.15, -0.1) is 4.91 Å².